The lowest BCUT2D eigenvalue weighted by atomic mass is 10.0. The summed E-state index contributed by atoms with van der Waals surface area (Å²) < 4.78 is 16.4. The van der Waals surface area contributed by atoms with Gasteiger partial charge < -0.3 is 14.2 Å². The Hall–Kier alpha value is -1.76. The fourth-order valence-electron chi connectivity index (χ4n) is 2.77. The van der Waals surface area contributed by atoms with E-state index in [2.05, 4.69) is 4.98 Å². The first-order valence-corrected chi connectivity index (χ1v) is 8.88. The highest BCUT2D eigenvalue weighted by Gasteiger charge is 2.20. The fraction of sp³-hybridized carbons (Fsp3) is 0.444. The first kappa shape index (κ1) is 17.1. The van der Waals surface area contributed by atoms with Crippen LogP contribution in [0.5, 0.6) is 0 Å². The Morgan fingerprint density at radius 3 is 2.96 bits per heavy atom. The van der Waals surface area contributed by atoms with Gasteiger partial charge in [-0.2, -0.15) is 0 Å². The minimum absolute atomic E-state index is 0.148. The van der Waals surface area contributed by atoms with Crippen molar-refractivity contribution in [2.75, 3.05) is 13.7 Å². The molecule has 1 unspecified atom stereocenters. The summed E-state index contributed by atoms with van der Waals surface area (Å²) in [6.07, 6.45) is 3.00. The smallest absolute Gasteiger partial charge is 0.338 e. The molecule has 0 radical (unpaired) electrons. The largest absolute Gasteiger partial charge is 0.465 e. The maximum absolute atomic E-state index is 12.0. The first-order chi connectivity index (χ1) is 11.7. The summed E-state index contributed by atoms with van der Waals surface area (Å²) in [7, 11) is 1.38. The predicted octanol–water partition coefficient (Wildman–Crippen LogP) is 3.95. The molecule has 5 nitrogen and oxygen atoms in total. The number of aromatic nitrogens is 1. The van der Waals surface area contributed by atoms with Crippen molar-refractivity contribution in [1.29, 1.82) is 0 Å². The van der Waals surface area contributed by atoms with Gasteiger partial charge in [0.15, 0.2) is 6.29 Å². The lowest BCUT2D eigenvalue weighted by Crippen LogP contribution is -2.21. The molecule has 1 saturated heterocycles. The zero-order valence-electron chi connectivity index (χ0n) is 13.9. The molecule has 1 aliphatic heterocycles. The number of nitrogens with zero attached hydrogens (tertiary/aromatic N) is 1. The zero-order valence-corrected chi connectivity index (χ0v) is 14.7. The average molecular weight is 347 g/mol. The summed E-state index contributed by atoms with van der Waals surface area (Å²) in [5, 5.41) is 0.938. The van der Waals surface area contributed by atoms with Crippen LogP contribution < -0.4 is 0 Å². The molecule has 6 heteroatoms. The second-order valence-electron chi connectivity index (χ2n) is 5.65. The minimum Gasteiger partial charge on any atom is -0.465 e. The maximum atomic E-state index is 12.0. The van der Waals surface area contributed by atoms with Crippen LogP contribution >= 0.6 is 11.3 Å². The molecular formula is C18H21NO4S. The van der Waals surface area contributed by atoms with Crippen molar-refractivity contribution in [2.24, 2.45) is 0 Å². The molecule has 128 valence electrons. The van der Waals surface area contributed by atoms with Crippen LogP contribution in [-0.2, 0) is 20.8 Å². The third-order valence-electron chi connectivity index (χ3n) is 3.93. The summed E-state index contributed by atoms with van der Waals surface area (Å²) >= 11 is 1.58. The van der Waals surface area contributed by atoms with Crippen LogP contribution in [0, 0.1) is 6.92 Å². The van der Waals surface area contributed by atoms with E-state index < -0.39 is 0 Å². The topological polar surface area (TPSA) is 57.7 Å². The summed E-state index contributed by atoms with van der Waals surface area (Å²) in [5.74, 6) is -0.362. The Bertz CT molecular complexity index is 707. The number of ether oxygens (including phenoxy) is 3. The molecule has 1 aromatic heterocycles. The molecule has 1 aromatic carbocycles. The maximum Gasteiger partial charge on any atom is 0.338 e. The number of aryl methyl sites for hydroxylation is 1. The Morgan fingerprint density at radius 2 is 2.21 bits per heavy atom. The van der Waals surface area contributed by atoms with Gasteiger partial charge in [-0.15, -0.1) is 11.3 Å². The van der Waals surface area contributed by atoms with E-state index in [1.165, 1.54) is 7.11 Å². The lowest BCUT2D eigenvalue weighted by molar-refractivity contribution is -0.168. The van der Waals surface area contributed by atoms with Crippen molar-refractivity contribution >= 4 is 17.3 Å². The van der Waals surface area contributed by atoms with Gasteiger partial charge >= 0.3 is 5.97 Å². The fourth-order valence-corrected chi connectivity index (χ4v) is 3.64. The van der Waals surface area contributed by atoms with Gasteiger partial charge in [0.2, 0.25) is 0 Å². The van der Waals surface area contributed by atoms with Crippen molar-refractivity contribution in [3.63, 3.8) is 0 Å². The molecule has 0 N–H and O–H groups in total. The lowest BCUT2D eigenvalue weighted by Gasteiger charge is -2.22. The molecule has 3 rings (SSSR count). The van der Waals surface area contributed by atoms with Gasteiger partial charge in [-0.1, -0.05) is 18.2 Å². The number of hydrogen-bond acceptors (Lipinski definition) is 6. The average Bonchev–Trinajstić information content (AvgIpc) is 3.00. The summed E-state index contributed by atoms with van der Waals surface area (Å²) in [4.78, 5) is 17.6. The second kappa shape index (κ2) is 7.88. The van der Waals surface area contributed by atoms with Gasteiger partial charge in [-0.25, -0.2) is 9.78 Å². The molecule has 2 aromatic rings. The standard InChI is InChI=1S/C18H21NO4S/c1-12-19-17(13-7-3-4-8-14(13)18(20)21-2)15(24-12)11-23-16-9-5-6-10-22-16/h3-4,7-8,16H,5-6,9-11H2,1-2H3. The Morgan fingerprint density at radius 1 is 1.38 bits per heavy atom. The quantitative estimate of drug-likeness (QED) is 0.767. The van der Waals surface area contributed by atoms with Crippen LogP contribution in [0.2, 0.25) is 0 Å². The number of benzene rings is 1. The van der Waals surface area contributed by atoms with Gasteiger partial charge in [0.1, 0.15) is 0 Å². The van der Waals surface area contributed by atoms with E-state index in [4.69, 9.17) is 14.2 Å². The number of methoxy groups -OCH3 is 1. The molecule has 0 bridgehead atoms. The Labute approximate surface area is 145 Å². The molecule has 0 amide bonds. The normalized spacial score (nSPS) is 17.7. The van der Waals surface area contributed by atoms with Gasteiger partial charge in [-0.05, 0) is 32.3 Å². The van der Waals surface area contributed by atoms with Crippen molar-refractivity contribution in [3.8, 4) is 11.3 Å². The van der Waals surface area contributed by atoms with Gasteiger partial charge in [0, 0.05) is 12.2 Å². The zero-order chi connectivity index (χ0) is 16.9. The van der Waals surface area contributed by atoms with E-state index >= 15 is 0 Å². The third-order valence-corrected chi connectivity index (χ3v) is 4.87. The van der Waals surface area contributed by atoms with Crippen molar-refractivity contribution in [2.45, 2.75) is 39.1 Å². The number of thiazole rings is 1. The van der Waals surface area contributed by atoms with Crippen LogP contribution in [0.3, 0.4) is 0 Å². The monoisotopic (exact) mass is 347 g/mol. The van der Waals surface area contributed by atoms with E-state index in [0.29, 0.717) is 12.2 Å². The number of hydrogen-bond donors (Lipinski definition) is 0. The molecule has 0 saturated carbocycles. The molecule has 2 heterocycles. The SMILES string of the molecule is COC(=O)c1ccccc1-c1nc(C)sc1COC1CCCCO1. The molecule has 24 heavy (non-hydrogen) atoms. The van der Waals surface area contributed by atoms with Gasteiger partial charge in [0.05, 0.1) is 34.9 Å². The molecule has 1 aliphatic rings. The minimum atomic E-state index is -0.362. The highest BCUT2D eigenvalue weighted by atomic mass is 32.1. The number of esters is 1. The van der Waals surface area contributed by atoms with E-state index in [9.17, 15) is 4.79 Å². The van der Waals surface area contributed by atoms with Gasteiger partial charge in [0.25, 0.3) is 0 Å². The van der Waals surface area contributed by atoms with Crippen LogP contribution in [-0.4, -0.2) is 31.0 Å². The van der Waals surface area contributed by atoms with E-state index in [1.54, 1.807) is 17.4 Å². The molecule has 0 aliphatic carbocycles. The van der Waals surface area contributed by atoms with Crippen molar-refractivity contribution < 1.29 is 19.0 Å². The molecule has 1 fully saturated rings. The summed E-state index contributed by atoms with van der Waals surface area (Å²) in [5.41, 5.74) is 2.08. The summed E-state index contributed by atoms with van der Waals surface area (Å²) in [6.45, 7) is 3.14. The highest BCUT2D eigenvalue weighted by molar-refractivity contribution is 7.12. The van der Waals surface area contributed by atoms with Crippen molar-refractivity contribution in [3.05, 3.63) is 39.7 Å². The summed E-state index contributed by atoms with van der Waals surface area (Å²) in [6, 6.07) is 7.36. The van der Waals surface area contributed by atoms with E-state index in [-0.39, 0.29) is 12.3 Å². The van der Waals surface area contributed by atoms with Crippen LogP contribution in [0.25, 0.3) is 11.3 Å². The third kappa shape index (κ3) is 3.83. The molecule has 1 atom stereocenters. The molecule has 0 spiro atoms. The van der Waals surface area contributed by atoms with Gasteiger partial charge in [-0.3, -0.25) is 0 Å². The van der Waals surface area contributed by atoms with Crippen LogP contribution in [0.4, 0.5) is 0 Å². The van der Waals surface area contributed by atoms with E-state index in [0.717, 1.165) is 47.0 Å². The Kier molecular flexibility index (Phi) is 5.60. The van der Waals surface area contributed by atoms with E-state index in [1.807, 2.05) is 25.1 Å². The predicted molar refractivity (Wildman–Crippen MR) is 92.0 cm³/mol. The number of carbonyl (C=O) groups excluding carboxylic acids is 1. The second-order valence-corrected chi connectivity index (χ2v) is 6.94. The van der Waals surface area contributed by atoms with Crippen LogP contribution in [0.1, 0.15) is 39.5 Å². The number of carbonyl (C=O) groups is 1. The Balaban J connectivity index is 1.85. The van der Waals surface area contributed by atoms with Crippen LogP contribution in [0.15, 0.2) is 24.3 Å². The highest BCUT2D eigenvalue weighted by Crippen LogP contribution is 2.32. The molecular weight excluding hydrogens is 326 g/mol. The van der Waals surface area contributed by atoms with Crippen molar-refractivity contribution in [1.82, 2.24) is 4.98 Å². The number of rotatable bonds is 5. The first-order valence-electron chi connectivity index (χ1n) is 8.06.